The molecule has 34 heavy (non-hydrogen) atoms. The van der Waals surface area contributed by atoms with Crippen molar-refractivity contribution in [2.45, 2.75) is 31.3 Å². The fourth-order valence-electron chi connectivity index (χ4n) is 3.20. The highest BCUT2D eigenvalue weighted by Crippen LogP contribution is 2.36. The van der Waals surface area contributed by atoms with Gasteiger partial charge in [0.25, 0.3) is 15.9 Å². The van der Waals surface area contributed by atoms with Crippen LogP contribution in [0.15, 0.2) is 39.8 Å². The molecule has 2 aromatic carbocycles. The molecule has 0 aliphatic carbocycles. The first kappa shape index (κ1) is 24.9. The number of anilines is 1. The lowest BCUT2D eigenvalue weighted by Crippen LogP contribution is -2.15. The standard InChI is InChI=1S/C23H25N3O7S/c1-4-15-8-9-17(30-2)20(13-15)34(28,29)26-23-22-18(31-3)11-16(12-19(22)33-25-23)14-32-10-6-5-7-21(24)27/h8-9,11-13H,4,6,10,14H2,1-3H3,(H2,24,27)(H,25,26). The summed E-state index contributed by atoms with van der Waals surface area (Å²) in [6.45, 7) is 2.44. The number of fused-ring (bicyclic) bond motifs is 1. The number of carbonyl (C=O) groups is 1. The zero-order valence-corrected chi connectivity index (χ0v) is 19.8. The molecular weight excluding hydrogens is 462 g/mol. The Morgan fingerprint density at radius 3 is 2.59 bits per heavy atom. The van der Waals surface area contributed by atoms with Gasteiger partial charge < -0.3 is 24.5 Å². The number of benzene rings is 2. The number of amides is 1. The van der Waals surface area contributed by atoms with Crippen LogP contribution in [-0.4, -0.2) is 40.3 Å². The van der Waals surface area contributed by atoms with Crippen molar-refractivity contribution >= 4 is 32.7 Å². The van der Waals surface area contributed by atoms with Crippen LogP contribution in [0, 0.1) is 11.8 Å². The van der Waals surface area contributed by atoms with E-state index in [1.807, 2.05) is 6.92 Å². The number of carbonyl (C=O) groups excluding carboxylic acids is 1. The summed E-state index contributed by atoms with van der Waals surface area (Å²) in [5, 5.41) is 4.27. The smallest absolute Gasteiger partial charge is 0.293 e. The molecule has 0 spiro atoms. The maximum absolute atomic E-state index is 13.2. The molecule has 180 valence electrons. The third-order valence-electron chi connectivity index (χ3n) is 4.83. The van der Waals surface area contributed by atoms with Crippen LogP contribution in [0.25, 0.3) is 11.0 Å². The van der Waals surface area contributed by atoms with Crippen molar-refractivity contribution in [3.8, 4) is 23.3 Å². The van der Waals surface area contributed by atoms with E-state index in [9.17, 15) is 13.2 Å². The molecule has 0 fully saturated rings. The van der Waals surface area contributed by atoms with Crippen LogP contribution in [0.2, 0.25) is 0 Å². The average molecular weight is 488 g/mol. The average Bonchev–Trinajstić information content (AvgIpc) is 3.22. The van der Waals surface area contributed by atoms with Crippen molar-refractivity contribution in [1.82, 2.24) is 5.16 Å². The van der Waals surface area contributed by atoms with Gasteiger partial charge in [0.1, 0.15) is 21.8 Å². The van der Waals surface area contributed by atoms with Crippen molar-refractivity contribution in [1.29, 1.82) is 0 Å². The molecule has 0 saturated carbocycles. The quantitative estimate of drug-likeness (QED) is 0.328. The van der Waals surface area contributed by atoms with Gasteiger partial charge in [0.15, 0.2) is 11.4 Å². The molecule has 3 rings (SSSR count). The topological polar surface area (TPSA) is 143 Å². The number of rotatable bonds is 10. The van der Waals surface area contributed by atoms with Gasteiger partial charge in [-0.1, -0.05) is 24.1 Å². The third kappa shape index (κ3) is 5.78. The first-order valence-electron chi connectivity index (χ1n) is 10.3. The number of sulfonamides is 1. The minimum Gasteiger partial charge on any atom is -0.496 e. The minimum absolute atomic E-state index is 0.00563. The van der Waals surface area contributed by atoms with E-state index in [1.165, 1.54) is 14.2 Å². The Hall–Kier alpha value is -3.75. The van der Waals surface area contributed by atoms with Crippen molar-refractivity contribution in [3.05, 3.63) is 41.5 Å². The van der Waals surface area contributed by atoms with Gasteiger partial charge in [-0.2, -0.15) is 0 Å². The SMILES string of the molecule is CCc1ccc(OC)c(S(=O)(=O)Nc2noc3cc(COCCC#CC(N)=O)cc(OC)c23)c1. The number of nitrogens with one attached hydrogen (secondary N) is 1. The molecule has 0 aliphatic rings. The predicted molar refractivity (Wildman–Crippen MR) is 125 cm³/mol. The fourth-order valence-corrected chi connectivity index (χ4v) is 4.43. The van der Waals surface area contributed by atoms with Gasteiger partial charge in [0, 0.05) is 6.42 Å². The summed E-state index contributed by atoms with van der Waals surface area (Å²) >= 11 is 0. The summed E-state index contributed by atoms with van der Waals surface area (Å²) in [7, 11) is -1.18. The molecule has 0 bridgehead atoms. The molecule has 11 heteroatoms. The molecule has 10 nitrogen and oxygen atoms in total. The highest BCUT2D eigenvalue weighted by molar-refractivity contribution is 7.92. The summed E-state index contributed by atoms with van der Waals surface area (Å²) in [5.74, 6) is 4.71. The maximum Gasteiger partial charge on any atom is 0.293 e. The Labute approximate surface area is 197 Å². The lowest BCUT2D eigenvalue weighted by Gasteiger charge is -2.12. The van der Waals surface area contributed by atoms with Gasteiger partial charge >= 0.3 is 0 Å². The minimum atomic E-state index is -4.04. The summed E-state index contributed by atoms with van der Waals surface area (Å²) in [6, 6.07) is 8.35. The van der Waals surface area contributed by atoms with Gasteiger partial charge in [0.05, 0.1) is 27.4 Å². The van der Waals surface area contributed by atoms with E-state index in [-0.39, 0.29) is 23.1 Å². The van der Waals surface area contributed by atoms with E-state index in [4.69, 9.17) is 24.5 Å². The second-order valence-corrected chi connectivity index (χ2v) is 8.77. The number of ether oxygens (including phenoxy) is 3. The molecular formula is C23H25N3O7S. The summed E-state index contributed by atoms with van der Waals surface area (Å²) in [4.78, 5) is 10.6. The van der Waals surface area contributed by atoms with Gasteiger partial charge in [-0.05, 0) is 47.7 Å². The van der Waals surface area contributed by atoms with E-state index >= 15 is 0 Å². The van der Waals surface area contributed by atoms with Crippen LogP contribution in [0.5, 0.6) is 11.5 Å². The van der Waals surface area contributed by atoms with E-state index in [2.05, 4.69) is 21.7 Å². The number of nitrogens with zero attached hydrogens (tertiary/aromatic N) is 1. The van der Waals surface area contributed by atoms with Gasteiger partial charge in [0.2, 0.25) is 0 Å². The summed E-state index contributed by atoms with van der Waals surface area (Å²) in [5.41, 5.74) is 6.83. The highest BCUT2D eigenvalue weighted by atomic mass is 32.2. The van der Waals surface area contributed by atoms with Crippen LogP contribution in [0.3, 0.4) is 0 Å². The molecule has 0 atom stereocenters. The van der Waals surface area contributed by atoms with Crippen LogP contribution >= 0.6 is 0 Å². The Kier molecular flexibility index (Phi) is 7.99. The number of aromatic nitrogens is 1. The van der Waals surface area contributed by atoms with Crippen LogP contribution in [0.1, 0.15) is 24.5 Å². The zero-order chi connectivity index (χ0) is 24.7. The molecule has 1 aromatic heterocycles. The van der Waals surface area contributed by atoms with E-state index in [0.29, 0.717) is 36.2 Å². The first-order valence-corrected chi connectivity index (χ1v) is 11.8. The lowest BCUT2D eigenvalue weighted by molar-refractivity contribution is -0.112. The number of hydrogen-bond donors (Lipinski definition) is 2. The zero-order valence-electron chi connectivity index (χ0n) is 19.0. The number of aryl methyl sites for hydroxylation is 1. The second kappa shape index (κ2) is 10.9. The normalized spacial score (nSPS) is 11.0. The van der Waals surface area contributed by atoms with Gasteiger partial charge in [-0.15, -0.1) is 0 Å². The molecule has 0 aliphatic heterocycles. The van der Waals surface area contributed by atoms with Crippen LogP contribution in [-0.2, 0) is 32.6 Å². The molecule has 0 unspecified atom stereocenters. The largest absolute Gasteiger partial charge is 0.496 e. The van der Waals surface area contributed by atoms with Crippen LogP contribution in [0.4, 0.5) is 5.82 Å². The van der Waals surface area contributed by atoms with E-state index in [1.54, 1.807) is 30.3 Å². The number of hydrogen-bond acceptors (Lipinski definition) is 8. The number of nitrogens with two attached hydrogens (primary N) is 1. The van der Waals surface area contributed by atoms with Crippen molar-refractivity contribution in [2.75, 3.05) is 25.5 Å². The molecule has 3 aromatic rings. The first-order chi connectivity index (χ1) is 16.3. The Balaban J connectivity index is 1.85. The summed E-state index contributed by atoms with van der Waals surface area (Å²) < 4.78 is 50.4. The molecule has 3 N–H and O–H groups in total. The molecule has 0 radical (unpaired) electrons. The van der Waals surface area contributed by atoms with Crippen LogP contribution < -0.4 is 19.9 Å². The Bertz CT molecular complexity index is 1350. The van der Waals surface area contributed by atoms with Crippen molar-refractivity contribution in [2.24, 2.45) is 5.73 Å². The van der Waals surface area contributed by atoms with E-state index < -0.39 is 15.9 Å². The van der Waals surface area contributed by atoms with Gasteiger partial charge in [-0.3, -0.25) is 9.52 Å². The fraction of sp³-hybridized carbons (Fsp3) is 0.304. The maximum atomic E-state index is 13.2. The van der Waals surface area contributed by atoms with E-state index in [0.717, 1.165) is 11.1 Å². The summed E-state index contributed by atoms with van der Waals surface area (Å²) in [6.07, 6.45) is 1.01. The molecule has 0 saturated heterocycles. The van der Waals surface area contributed by atoms with Gasteiger partial charge in [-0.25, -0.2) is 8.42 Å². The highest BCUT2D eigenvalue weighted by Gasteiger charge is 2.24. The molecule has 1 amide bonds. The predicted octanol–water partition coefficient (Wildman–Crippen LogP) is 2.60. The second-order valence-electron chi connectivity index (χ2n) is 7.12. The third-order valence-corrected chi connectivity index (χ3v) is 6.19. The van der Waals surface area contributed by atoms with Crippen molar-refractivity contribution < 1.29 is 31.9 Å². The Morgan fingerprint density at radius 2 is 1.91 bits per heavy atom. The number of primary amides is 1. The monoisotopic (exact) mass is 487 g/mol. The molecule has 1 heterocycles. The van der Waals surface area contributed by atoms with Crippen molar-refractivity contribution in [3.63, 3.8) is 0 Å². The number of methoxy groups -OCH3 is 2. The lowest BCUT2D eigenvalue weighted by atomic mass is 10.1. The Morgan fingerprint density at radius 1 is 1.15 bits per heavy atom.